The largest absolute Gasteiger partial charge is 0.378 e. The van der Waals surface area contributed by atoms with Crippen LogP contribution in [-0.4, -0.2) is 78.0 Å². The number of nitrogens with one attached hydrogen (secondary N) is 1. The molecule has 1 aromatic heterocycles. The number of rotatable bonds is 9. The summed E-state index contributed by atoms with van der Waals surface area (Å²) in [7, 11) is 4.17. The number of carbonyl (C=O) groups is 1. The average molecular weight is 426 g/mol. The van der Waals surface area contributed by atoms with Crippen LogP contribution in [0.15, 0.2) is 36.4 Å². The van der Waals surface area contributed by atoms with Gasteiger partial charge in [0.05, 0.1) is 12.6 Å². The van der Waals surface area contributed by atoms with Gasteiger partial charge < -0.3 is 15.0 Å². The molecule has 0 spiro atoms. The van der Waals surface area contributed by atoms with Crippen molar-refractivity contribution in [2.75, 3.05) is 40.3 Å². The molecule has 2 aliphatic rings. The van der Waals surface area contributed by atoms with Crippen LogP contribution < -0.4 is 5.32 Å². The highest BCUT2D eigenvalue weighted by molar-refractivity contribution is 5.92. The molecule has 1 amide bonds. The number of likely N-dealkylation sites (N-methyl/N-ethyl adjacent to an activating group) is 1. The first kappa shape index (κ1) is 22.0. The zero-order chi connectivity index (χ0) is 21.6. The van der Waals surface area contributed by atoms with E-state index in [4.69, 9.17) is 4.74 Å². The van der Waals surface area contributed by atoms with Crippen molar-refractivity contribution in [2.45, 2.75) is 50.9 Å². The molecule has 0 saturated carbocycles. The molecule has 0 aliphatic carbocycles. The van der Waals surface area contributed by atoms with Gasteiger partial charge in [-0.25, -0.2) is 0 Å². The van der Waals surface area contributed by atoms with Crippen LogP contribution >= 0.6 is 0 Å². The maximum Gasteiger partial charge on any atom is 0.271 e. The van der Waals surface area contributed by atoms with Crippen LogP contribution in [0.25, 0.3) is 0 Å². The summed E-state index contributed by atoms with van der Waals surface area (Å²) in [4.78, 5) is 17.1. The molecule has 7 nitrogen and oxygen atoms in total. The lowest BCUT2D eigenvalue weighted by Gasteiger charge is -2.32. The van der Waals surface area contributed by atoms with Crippen LogP contribution in [0.5, 0.6) is 0 Å². The topological polar surface area (TPSA) is 62.6 Å². The van der Waals surface area contributed by atoms with Gasteiger partial charge in [0.2, 0.25) is 0 Å². The second-order valence-electron chi connectivity index (χ2n) is 8.97. The molecule has 1 saturated heterocycles. The van der Waals surface area contributed by atoms with Crippen molar-refractivity contribution < 1.29 is 9.53 Å². The molecular weight excluding hydrogens is 390 g/mol. The standard InChI is InChI=1S/C24H35N5O2/c1-27(2)21-15-20-16-23(26-29(20)18-21)24(30)25-11-6-14-31-22-9-12-28(13-10-22)17-19-7-4-3-5-8-19/h3-5,7-8,16,21-22H,6,9-15,17-18H2,1-2H3,(H,25,30)/t21-/m0/s1. The number of ether oxygens (including phenoxy) is 1. The summed E-state index contributed by atoms with van der Waals surface area (Å²) in [5, 5.41) is 7.46. The molecule has 7 heteroatoms. The maximum absolute atomic E-state index is 12.4. The monoisotopic (exact) mass is 425 g/mol. The van der Waals surface area contributed by atoms with E-state index >= 15 is 0 Å². The van der Waals surface area contributed by atoms with Crippen LogP contribution in [0, 0.1) is 0 Å². The van der Waals surface area contributed by atoms with Crippen LogP contribution in [-0.2, 0) is 24.2 Å². The van der Waals surface area contributed by atoms with Crippen molar-refractivity contribution in [2.24, 2.45) is 0 Å². The van der Waals surface area contributed by atoms with Gasteiger partial charge >= 0.3 is 0 Å². The van der Waals surface area contributed by atoms with Gasteiger partial charge in [-0.2, -0.15) is 5.10 Å². The molecule has 2 aliphatic heterocycles. The zero-order valence-corrected chi connectivity index (χ0v) is 18.8. The number of hydrogen-bond acceptors (Lipinski definition) is 5. The first-order chi connectivity index (χ1) is 15.1. The van der Waals surface area contributed by atoms with Gasteiger partial charge in [-0.15, -0.1) is 0 Å². The second kappa shape index (κ2) is 10.4. The number of benzene rings is 1. The van der Waals surface area contributed by atoms with E-state index in [9.17, 15) is 4.79 Å². The number of aromatic nitrogens is 2. The van der Waals surface area contributed by atoms with E-state index in [1.165, 1.54) is 5.56 Å². The lowest BCUT2D eigenvalue weighted by molar-refractivity contribution is 0.00514. The normalized spacial score (nSPS) is 19.6. The minimum absolute atomic E-state index is 0.0856. The fourth-order valence-corrected chi connectivity index (χ4v) is 4.43. The highest BCUT2D eigenvalue weighted by atomic mass is 16.5. The van der Waals surface area contributed by atoms with E-state index in [-0.39, 0.29) is 5.91 Å². The van der Waals surface area contributed by atoms with E-state index in [2.05, 4.69) is 64.6 Å². The number of carbonyl (C=O) groups excluding carboxylic acids is 1. The quantitative estimate of drug-likeness (QED) is 0.624. The van der Waals surface area contributed by atoms with E-state index in [0.29, 0.717) is 31.0 Å². The number of likely N-dealkylation sites (tertiary alicyclic amines) is 1. The van der Waals surface area contributed by atoms with Gasteiger partial charge in [0, 0.05) is 50.9 Å². The first-order valence-electron chi connectivity index (χ1n) is 11.5. The Hall–Kier alpha value is -2.22. The molecular formula is C24H35N5O2. The molecule has 0 unspecified atom stereocenters. The van der Waals surface area contributed by atoms with Crippen molar-refractivity contribution in [3.05, 3.63) is 53.3 Å². The summed E-state index contributed by atoms with van der Waals surface area (Å²) in [5.74, 6) is -0.0856. The van der Waals surface area contributed by atoms with Crippen LogP contribution in [0.1, 0.15) is 41.0 Å². The average Bonchev–Trinajstić information content (AvgIpc) is 3.35. The molecule has 3 heterocycles. The Morgan fingerprint density at radius 2 is 2.00 bits per heavy atom. The summed E-state index contributed by atoms with van der Waals surface area (Å²) in [6, 6.07) is 13.0. The molecule has 2 aromatic rings. The van der Waals surface area contributed by atoms with Gasteiger partial charge in [-0.3, -0.25) is 14.4 Å². The number of amides is 1. The minimum atomic E-state index is -0.0856. The second-order valence-corrected chi connectivity index (χ2v) is 8.97. The van der Waals surface area contributed by atoms with Crippen molar-refractivity contribution in [3.63, 3.8) is 0 Å². The third-order valence-electron chi connectivity index (χ3n) is 6.40. The van der Waals surface area contributed by atoms with Gasteiger partial charge in [0.25, 0.3) is 5.91 Å². The molecule has 0 radical (unpaired) electrons. The van der Waals surface area contributed by atoms with Gasteiger partial charge in [-0.1, -0.05) is 30.3 Å². The molecule has 0 bridgehead atoms. The molecule has 1 atom stereocenters. The summed E-state index contributed by atoms with van der Waals surface area (Å²) in [6.07, 6.45) is 4.27. The predicted molar refractivity (Wildman–Crippen MR) is 121 cm³/mol. The Balaban J connectivity index is 1.08. The highest BCUT2D eigenvalue weighted by Crippen LogP contribution is 2.19. The first-order valence-corrected chi connectivity index (χ1v) is 11.5. The van der Waals surface area contributed by atoms with E-state index in [0.717, 1.165) is 57.6 Å². The molecule has 1 fully saturated rings. The minimum Gasteiger partial charge on any atom is -0.378 e. The summed E-state index contributed by atoms with van der Waals surface area (Å²) < 4.78 is 8.02. The smallest absolute Gasteiger partial charge is 0.271 e. The van der Waals surface area contributed by atoms with Crippen LogP contribution in [0.2, 0.25) is 0 Å². The van der Waals surface area contributed by atoms with E-state index in [1.54, 1.807) is 0 Å². The number of nitrogens with zero attached hydrogens (tertiary/aromatic N) is 4. The fourth-order valence-electron chi connectivity index (χ4n) is 4.43. The number of piperidine rings is 1. The summed E-state index contributed by atoms with van der Waals surface area (Å²) in [6.45, 7) is 5.34. The number of fused-ring (bicyclic) bond motifs is 1. The van der Waals surface area contributed by atoms with Gasteiger partial charge in [0.1, 0.15) is 5.69 Å². The van der Waals surface area contributed by atoms with E-state index < -0.39 is 0 Å². The van der Waals surface area contributed by atoms with Crippen molar-refractivity contribution >= 4 is 5.91 Å². The third-order valence-corrected chi connectivity index (χ3v) is 6.40. The molecule has 4 rings (SSSR count). The Morgan fingerprint density at radius 3 is 2.71 bits per heavy atom. The molecule has 1 N–H and O–H groups in total. The Labute approximate surface area is 185 Å². The van der Waals surface area contributed by atoms with E-state index in [1.807, 2.05) is 10.7 Å². The summed E-state index contributed by atoms with van der Waals surface area (Å²) in [5.41, 5.74) is 3.04. The molecule has 31 heavy (non-hydrogen) atoms. The fraction of sp³-hybridized carbons (Fsp3) is 0.583. The molecule has 1 aromatic carbocycles. The lowest BCUT2D eigenvalue weighted by Crippen LogP contribution is -2.37. The van der Waals surface area contributed by atoms with Gasteiger partial charge in [-0.05, 0) is 45.0 Å². The van der Waals surface area contributed by atoms with Crippen LogP contribution in [0.4, 0.5) is 0 Å². The maximum atomic E-state index is 12.4. The Morgan fingerprint density at radius 1 is 1.23 bits per heavy atom. The van der Waals surface area contributed by atoms with Crippen LogP contribution in [0.3, 0.4) is 0 Å². The highest BCUT2D eigenvalue weighted by Gasteiger charge is 2.26. The predicted octanol–water partition coefficient (Wildman–Crippen LogP) is 2.17. The third kappa shape index (κ3) is 5.93. The van der Waals surface area contributed by atoms with Crippen molar-refractivity contribution in [3.8, 4) is 0 Å². The number of hydrogen-bond donors (Lipinski definition) is 1. The van der Waals surface area contributed by atoms with Crippen molar-refractivity contribution in [1.82, 2.24) is 24.9 Å². The zero-order valence-electron chi connectivity index (χ0n) is 18.8. The Kier molecular flexibility index (Phi) is 7.37. The SMILES string of the molecule is CN(C)[C@H]1Cc2cc(C(=O)NCCCOC3CCN(Cc4ccccc4)CC3)nn2C1. The van der Waals surface area contributed by atoms with Crippen molar-refractivity contribution in [1.29, 1.82) is 0 Å². The molecule has 168 valence electrons. The Bertz CT molecular complexity index is 819. The summed E-state index contributed by atoms with van der Waals surface area (Å²) >= 11 is 0. The lowest BCUT2D eigenvalue weighted by atomic mass is 10.1. The van der Waals surface area contributed by atoms with Gasteiger partial charge in [0.15, 0.2) is 0 Å².